The number of anilines is 1. The van der Waals surface area contributed by atoms with Crippen LogP contribution in [0.2, 0.25) is 0 Å². The van der Waals surface area contributed by atoms with E-state index in [0.717, 1.165) is 11.3 Å². The highest BCUT2D eigenvalue weighted by molar-refractivity contribution is 5.92. The lowest BCUT2D eigenvalue weighted by molar-refractivity contribution is 0.0566. The zero-order chi connectivity index (χ0) is 19.1. The fourth-order valence-corrected chi connectivity index (χ4v) is 2.80. The highest BCUT2D eigenvalue weighted by Gasteiger charge is 2.25. The maximum atomic E-state index is 12.6. The first-order valence-corrected chi connectivity index (χ1v) is 8.97. The van der Waals surface area contributed by atoms with E-state index in [4.69, 9.17) is 4.74 Å². The van der Waals surface area contributed by atoms with Gasteiger partial charge in [-0.15, -0.1) is 0 Å². The van der Waals surface area contributed by atoms with Crippen LogP contribution in [-0.2, 0) is 11.3 Å². The first kappa shape index (κ1) is 18.6. The lowest BCUT2D eigenvalue weighted by Gasteiger charge is -2.33. The van der Waals surface area contributed by atoms with E-state index >= 15 is 0 Å². The van der Waals surface area contributed by atoms with Gasteiger partial charge in [0.15, 0.2) is 0 Å². The molecule has 0 unspecified atom stereocenters. The van der Waals surface area contributed by atoms with Crippen LogP contribution in [0.4, 0.5) is 10.5 Å². The first-order valence-electron chi connectivity index (χ1n) is 8.97. The van der Waals surface area contributed by atoms with E-state index in [1.807, 2.05) is 18.2 Å². The molecule has 0 aromatic carbocycles. The number of amides is 2. The van der Waals surface area contributed by atoms with E-state index in [1.54, 1.807) is 41.4 Å². The Balaban J connectivity index is 1.51. The van der Waals surface area contributed by atoms with Gasteiger partial charge in [0.1, 0.15) is 5.69 Å². The molecule has 1 N–H and O–H groups in total. The van der Waals surface area contributed by atoms with Crippen molar-refractivity contribution < 1.29 is 14.3 Å². The number of aromatic nitrogens is 2. The molecule has 0 bridgehead atoms. The molecular formula is C19H23N5O3. The van der Waals surface area contributed by atoms with Crippen molar-refractivity contribution in [3.8, 4) is 0 Å². The number of rotatable bonds is 5. The standard InChI is InChI=1S/C19H23N5O3/c1-2-27-19(26)24-11-9-23(10-12-24)18(25)17-4-3-16(14-22-17)21-13-15-5-7-20-8-6-15/h3-8,14,21H,2,9-13H2,1H3. The molecule has 0 radical (unpaired) electrons. The lowest BCUT2D eigenvalue weighted by Crippen LogP contribution is -2.50. The van der Waals surface area contributed by atoms with Gasteiger partial charge >= 0.3 is 6.09 Å². The van der Waals surface area contributed by atoms with Gasteiger partial charge in [0, 0.05) is 45.1 Å². The molecule has 2 amide bonds. The Labute approximate surface area is 158 Å². The second-order valence-electron chi connectivity index (χ2n) is 6.12. The molecule has 8 heteroatoms. The summed E-state index contributed by atoms with van der Waals surface area (Å²) in [5, 5.41) is 3.26. The summed E-state index contributed by atoms with van der Waals surface area (Å²) in [6, 6.07) is 7.44. The number of hydrogen-bond acceptors (Lipinski definition) is 6. The minimum absolute atomic E-state index is 0.126. The number of nitrogens with zero attached hydrogens (tertiary/aromatic N) is 4. The van der Waals surface area contributed by atoms with Gasteiger partial charge < -0.3 is 19.9 Å². The van der Waals surface area contributed by atoms with Crippen LogP contribution in [0.5, 0.6) is 0 Å². The fraction of sp³-hybridized carbons (Fsp3) is 0.368. The Hall–Kier alpha value is -3.16. The van der Waals surface area contributed by atoms with Crippen LogP contribution in [0.25, 0.3) is 0 Å². The molecule has 142 valence electrons. The molecule has 2 aromatic heterocycles. The smallest absolute Gasteiger partial charge is 0.409 e. The van der Waals surface area contributed by atoms with Gasteiger partial charge in [-0.2, -0.15) is 0 Å². The van der Waals surface area contributed by atoms with Crippen molar-refractivity contribution in [2.45, 2.75) is 13.5 Å². The lowest BCUT2D eigenvalue weighted by atomic mass is 10.2. The molecule has 3 rings (SSSR count). The summed E-state index contributed by atoms with van der Waals surface area (Å²) in [7, 11) is 0. The van der Waals surface area contributed by atoms with Crippen LogP contribution in [0.15, 0.2) is 42.9 Å². The minimum Gasteiger partial charge on any atom is -0.450 e. The average molecular weight is 369 g/mol. The van der Waals surface area contributed by atoms with E-state index in [-0.39, 0.29) is 12.0 Å². The molecular weight excluding hydrogens is 346 g/mol. The highest BCUT2D eigenvalue weighted by atomic mass is 16.6. The second kappa shape index (κ2) is 8.98. The molecule has 1 aliphatic heterocycles. The fourth-order valence-electron chi connectivity index (χ4n) is 2.80. The van der Waals surface area contributed by atoms with Gasteiger partial charge in [-0.1, -0.05) is 0 Å². The van der Waals surface area contributed by atoms with Crippen LogP contribution in [0.1, 0.15) is 23.0 Å². The molecule has 27 heavy (non-hydrogen) atoms. The summed E-state index contributed by atoms with van der Waals surface area (Å²) in [4.78, 5) is 35.9. The Kier molecular flexibility index (Phi) is 6.19. The summed E-state index contributed by atoms with van der Waals surface area (Å²) in [5.74, 6) is -0.126. The van der Waals surface area contributed by atoms with Gasteiger partial charge in [-0.25, -0.2) is 9.78 Å². The number of ether oxygens (including phenoxy) is 1. The number of carbonyl (C=O) groups excluding carboxylic acids is 2. The van der Waals surface area contributed by atoms with Crippen LogP contribution < -0.4 is 5.32 Å². The monoisotopic (exact) mass is 369 g/mol. The van der Waals surface area contributed by atoms with Crippen molar-refractivity contribution in [1.29, 1.82) is 0 Å². The topological polar surface area (TPSA) is 87.7 Å². The largest absolute Gasteiger partial charge is 0.450 e. The summed E-state index contributed by atoms with van der Waals surface area (Å²) in [6.45, 7) is 4.67. The van der Waals surface area contributed by atoms with Gasteiger partial charge in [-0.05, 0) is 36.8 Å². The Morgan fingerprint density at radius 2 is 1.78 bits per heavy atom. The number of hydrogen-bond donors (Lipinski definition) is 1. The van der Waals surface area contributed by atoms with E-state index in [2.05, 4.69) is 15.3 Å². The van der Waals surface area contributed by atoms with Crippen molar-refractivity contribution >= 4 is 17.7 Å². The number of carbonyl (C=O) groups is 2. The predicted molar refractivity (Wildman–Crippen MR) is 100 cm³/mol. The van der Waals surface area contributed by atoms with Crippen LogP contribution >= 0.6 is 0 Å². The molecule has 1 aliphatic rings. The average Bonchev–Trinajstić information content (AvgIpc) is 2.73. The molecule has 0 atom stereocenters. The second-order valence-corrected chi connectivity index (χ2v) is 6.12. The zero-order valence-corrected chi connectivity index (χ0v) is 15.3. The van der Waals surface area contributed by atoms with Crippen LogP contribution in [-0.4, -0.2) is 64.6 Å². The zero-order valence-electron chi connectivity index (χ0n) is 15.3. The number of piperazine rings is 1. The van der Waals surface area contributed by atoms with Gasteiger partial charge in [0.25, 0.3) is 5.91 Å². The van der Waals surface area contributed by atoms with Crippen molar-refractivity contribution in [3.05, 3.63) is 54.1 Å². The normalized spacial score (nSPS) is 14.0. The number of pyridine rings is 2. The minimum atomic E-state index is -0.327. The molecule has 3 heterocycles. The summed E-state index contributed by atoms with van der Waals surface area (Å²) in [5.41, 5.74) is 2.36. The van der Waals surface area contributed by atoms with Crippen molar-refractivity contribution in [2.24, 2.45) is 0 Å². The van der Waals surface area contributed by atoms with Crippen molar-refractivity contribution in [1.82, 2.24) is 19.8 Å². The van der Waals surface area contributed by atoms with Gasteiger partial charge in [0.05, 0.1) is 18.5 Å². The Morgan fingerprint density at radius 3 is 2.41 bits per heavy atom. The summed E-state index contributed by atoms with van der Waals surface area (Å²) < 4.78 is 4.99. The van der Waals surface area contributed by atoms with E-state index in [0.29, 0.717) is 45.0 Å². The van der Waals surface area contributed by atoms with Gasteiger partial charge in [-0.3, -0.25) is 9.78 Å². The van der Waals surface area contributed by atoms with Crippen molar-refractivity contribution in [2.75, 3.05) is 38.1 Å². The first-order chi connectivity index (χ1) is 13.2. The maximum absolute atomic E-state index is 12.6. The SMILES string of the molecule is CCOC(=O)N1CCN(C(=O)c2ccc(NCc3ccncc3)cn2)CC1. The van der Waals surface area contributed by atoms with E-state index in [9.17, 15) is 9.59 Å². The third kappa shape index (κ3) is 4.93. The summed E-state index contributed by atoms with van der Waals surface area (Å²) >= 11 is 0. The summed E-state index contributed by atoms with van der Waals surface area (Å²) in [6.07, 6.45) is 4.83. The maximum Gasteiger partial charge on any atom is 0.409 e. The van der Waals surface area contributed by atoms with Gasteiger partial charge in [0.2, 0.25) is 0 Å². The van der Waals surface area contributed by atoms with E-state index in [1.165, 1.54) is 0 Å². The number of nitrogens with one attached hydrogen (secondary N) is 1. The highest BCUT2D eigenvalue weighted by Crippen LogP contribution is 2.12. The molecule has 2 aromatic rings. The Morgan fingerprint density at radius 1 is 1.07 bits per heavy atom. The quantitative estimate of drug-likeness (QED) is 0.867. The van der Waals surface area contributed by atoms with Crippen molar-refractivity contribution in [3.63, 3.8) is 0 Å². The molecule has 0 saturated carbocycles. The Bertz CT molecular complexity index is 759. The molecule has 0 aliphatic carbocycles. The van der Waals surface area contributed by atoms with Crippen LogP contribution in [0.3, 0.4) is 0 Å². The molecule has 1 saturated heterocycles. The van der Waals surface area contributed by atoms with E-state index < -0.39 is 0 Å². The third-order valence-electron chi connectivity index (χ3n) is 4.32. The molecule has 0 spiro atoms. The predicted octanol–water partition coefficient (Wildman–Crippen LogP) is 2.00. The third-order valence-corrected chi connectivity index (χ3v) is 4.32. The van der Waals surface area contributed by atoms with Crippen LogP contribution in [0, 0.1) is 0 Å². The molecule has 1 fully saturated rings. The molecule has 8 nitrogen and oxygen atoms in total.